The van der Waals surface area contributed by atoms with Crippen LogP contribution < -0.4 is 10.6 Å². The number of hydrogen-bond donors (Lipinski definition) is 9. The third-order valence-corrected chi connectivity index (χ3v) is 6.53. The summed E-state index contributed by atoms with van der Waals surface area (Å²) in [5, 5.41) is 63.8. The number of hydrogen-bond acceptors (Lipinski definition) is 14. The second-order valence-electron chi connectivity index (χ2n) is 8.50. The molecule has 1 amide bonds. The van der Waals surface area contributed by atoms with Gasteiger partial charge in [-0.1, -0.05) is 6.92 Å². The topological polar surface area (TPSA) is 254 Å². The number of rotatable bonds is 18. The Balaban J connectivity index is 2.64. The quantitative estimate of drug-likeness (QED) is 0.0570. The average molecular weight is 563 g/mol. The van der Waals surface area contributed by atoms with Crippen LogP contribution >= 0.6 is 7.82 Å². The number of carbonyl (C=O) groups excluding carboxylic acids is 2. The van der Waals surface area contributed by atoms with Gasteiger partial charge in [-0.2, -0.15) is 0 Å². The molecule has 0 spiro atoms. The minimum absolute atomic E-state index is 0.0247. The summed E-state index contributed by atoms with van der Waals surface area (Å²) in [5.74, 6) is -1.52. The van der Waals surface area contributed by atoms with Gasteiger partial charge in [-0.25, -0.2) is 4.57 Å². The highest BCUT2D eigenvalue weighted by Crippen LogP contribution is 2.43. The number of nitrogens with one attached hydrogen (secondary N) is 2. The van der Waals surface area contributed by atoms with E-state index in [-0.39, 0.29) is 31.7 Å². The van der Waals surface area contributed by atoms with Crippen LogP contribution in [0.3, 0.4) is 0 Å². The molecule has 0 aliphatic carbocycles. The maximum Gasteiger partial charge on any atom is 0.472 e. The van der Waals surface area contributed by atoms with Gasteiger partial charge in [0.1, 0.15) is 36.3 Å². The highest BCUT2D eigenvalue weighted by atomic mass is 31.2. The zero-order valence-electron chi connectivity index (χ0n) is 20.7. The zero-order chi connectivity index (χ0) is 28.2. The summed E-state index contributed by atoms with van der Waals surface area (Å²) < 4.78 is 32.7. The van der Waals surface area contributed by atoms with Gasteiger partial charge in [-0.15, -0.1) is 0 Å². The average Bonchev–Trinajstić information content (AvgIpc) is 2.87. The molecule has 1 aliphatic rings. The molecule has 9 atom stereocenters. The minimum Gasteiger partial charge on any atom is -0.394 e. The molecule has 0 radical (unpaired) electrons. The van der Waals surface area contributed by atoms with Gasteiger partial charge in [0.2, 0.25) is 5.91 Å². The van der Waals surface area contributed by atoms with E-state index in [0.29, 0.717) is 0 Å². The number of amides is 1. The van der Waals surface area contributed by atoms with Crippen LogP contribution in [-0.4, -0.2) is 137 Å². The van der Waals surface area contributed by atoms with E-state index in [1.54, 1.807) is 7.05 Å². The molecule has 0 bridgehead atoms. The summed E-state index contributed by atoms with van der Waals surface area (Å²) in [4.78, 5) is 33.0. The van der Waals surface area contributed by atoms with Gasteiger partial charge in [0.05, 0.1) is 39.1 Å². The van der Waals surface area contributed by atoms with Crippen molar-refractivity contribution in [2.75, 3.05) is 46.6 Å². The summed E-state index contributed by atoms with van der Waals surface area (Å²) in [6.07, 6.45) is -10.6. The number of phosphoric ester groups is 1. The first-order valence-electron chi connectivity index (χ1n) is 11.7. The van der Waals surface area contributed by atoms with Crippen molar-refractivity contribution in [1.82, 2.24) is 10.6 Å². The largest absolute Gasteiger partial charge is 0.472 e. The zero-order valence-corrected chi connectivity index (χ0v) is 21.6. The Morgan fingerprint density at radius 2 is 1.78 bits per heavy atom. The van der Waals surface area contributed by atoms with E-state index in [4.69, 9.17) is 23.6 Å². The van der Waals surface area contributed by atoms with E-state index in [1.165, 1.54) is 6.92 Å². The Labute approximate surface area is 214 Å². The molecule has 1 aliphatic heterocycles. The van der Waals surface area contributed by atoms with Gasteiger partial charge >= 0.3 is 7.82 Å². The fraction of sp³-hybridized carbons (Fsp3) is 0.900. The number of aliphatic hydroxyl groups excluding tert-OH is 6. The molecular formula is C20H39N2O14P. The lowest BCUT2D eigenvalue weighted by Crippen LogP contribution is -2.57. The van der Waals surface area contributed by atoms with Gasteiger partial charge in [-0.3, -0.25) is 18.6 Å². The van der Waals surface area contributed by atoms with Crippen molar-refractivity contribution in [2.45, 2.75) is 62.7 Å². The molecule has 218 valence electrons. The van der Waals surface area contributed by atoms with Crippen molar-refractivity contribution in [2.24, 2.45) is 5.92 Å². The maximum absolute atomic E-state index is 12.2. The Morgan fingerprint density at radius 1 is 1.11 bits per heavy atom. The standard InChI is InChI=1S/C20H39N2O14P/c1-11-17(28)19(30)14(9-24)35-20(11)36-15(18(29)13(26)8-23)10-34-37(31,32)33-6-5-22-16(27)4-3-12(25)7-21-2/h11,13-15,17-21,23-24,26,28-30H,3-10H2,1-2H3,(H,22,27)(H,31,32)/t11?,13-,14?,15+,17+,18-,19+,20-/m0/s1. The van der Waals surface area contributed by atoms with Crippen molar-refractivity contribution in [1.29, 1.82) is 0 Å². The first-order chi connectivity index (χ1) is 17.4. The van der Waals surface area contributed by atoms with Crippen molar-refractivity contribution < 1.29 is 68.2 Å². The summed E-state index contributed by atoms with van der Waals surface area (Å²) in [6, 6.07) is 0. The molecule has 0 aromatic rings. The molecule has 37 heavy (non-hydrogen) atoms. The molecule has 0 aromatic carbocycles. The maximum atomic E-state index is 12.2. The van der Waals surface area contributed by atoms with Gasteiger partial charge in [0.15, 0.2) is 6.29 Å². The summed E-state index contributed by atoms with van der Waals surface area (Å²) in [7, 11) is -3.15. The van der Waals surface area contributed by atoms with Crippen molar-refractivity contribution in [3.8, 4) is 0 Å². The van der Waals surface area contributed by atoms with Crippen LogP contribution in [0.4, 0.5) is 0 Å². The molecule has 1 saturated heterocycles. The van der Waals surface area contributed by atoms with Gasteiger partial charge in [-0.05, 0) is 7.05 Å². The van der Waals surface area contributed by atoms with E-state index >= 15 is 0 Å². The Morgan fingerprint density at radius 3 is 2.38 bits per heavy atom. The van der Waals surface area contributed by atoms with Crippen LogP contribution in [0.2, 0.25) is 0 Å². The second-order valence-corrected chi connectivity index (χ2v) is 9.95. The number of carbonyl (C=O) groups is 2. The number of ether oxygens (including phenoxy) is 2. The predicted octanol–water partition coefficient (Wildman–Crippen LogP) is -4.02. The normalized spacial score (nSPS) is 28.2. The van der Waals surface area contributed by atoms with Crippen molar-refractivity contribution >= 4 is 19.5 Å². The monoisotopic (exact) mass is 562 g/mol. The summed E-state index contributed by atoms with van der Waals surface area (Å²) >= 11 is 0. The molecule has 17 heteroatoms. The van der Waals surface area contributed by atoms with Crippen LogP contribution in [0.15, 0.2) is 0 Å². The van der Waals surface area contributed by atoms with Crippen LogP contribution in [0, 0.1) is 5.92 Å². The van der Waals surface area contributed by atoms with Gasteiger partial charge < -0.3 is 55.6 Å². The predicted molar refractivity (Wildman–Crippen MR) is 124 cm³/mol. The third-order valence-electron chi connectivity index (χ3n) is 5.54. The van der Waals surface area contributed by atoms with Gasteiger partial charge in [0.25, 0.3) is 0 Å². The van der Waals surface area contributed by atoms with E-state index < -0.39 is 89.0 Å². The lowest BCUT2D eigenvalue weighted by molar-refractivity contribution is -0.305. The molecular weight excluding hydrogens is 523 g/mol. The highest BCUT2D eigenvalue weighted by molar-refractivity contribution is 7.47. The van der Waals surface area contributed by atoms with E-state index in [1.807, 2.05) is 0 Å². The van der Waals surface area contributed by atoms with Crippen molar-refractivity contribution in [3.05, 3.63) is 0 Å². The smallest absolute Gasteiger partial charge is 0.394 e. The first-order valence-corrected chi connectivity index (χ1v) is 13.2. The molecule has 1 heterocycles. The van der Waals surface area contributed by atoms with E-state index in [0.717, 1.165) is 0 Å². The van der Waals surface area contributed by atoms with Crippen LogP contribution in [0.25, 0.3) is 0 Å². The Hall–Kier alpha value is -1.11. The van der Waals surface area contributed by atoms with Crippen LogP contribution in [0.1, 0.15) is 19.8 Å². The minimum atomic E-state index is -4.75. The number of likely N-dealkylation sites (N-methyl/N-ethyl adjacent to an activating group) is 1. The van der Waals surface area contributed by atoms with E-state index in [9.17, 15) is 44.6 Å². The second kappa shape index (κ2) is 16.8. The highest BCUT2D eigenvalue weighted by Gasteiger charge is 2.44. The van der Waals surface area contributed by atoms with Gasteiger partial charge in [0, 0.05) is 25.3 Å². The first kappa shape index (κ1) is 33.9. The molecule has 9 N–H and O–H groups in total. The number of phosphoric acid groups is 1. The lowest BCUT2D eigenvalue weighted by Gasteiger charge is -2.42. The fourth-order valence-electron chi connectivity index (χ4n) is 3.31. The van der Waals surface area contributed by atoms with Crippen molar-refractivity contribution in [3.63, 3.8) is 0 Å². The molecule has 0 aromatic heterocycles. The number of aliphatic hydroxyl groups is 6. The summed E-state index contributed by atoms with van der Waals surface area (Å²) in [6.45, 7) is -1.46. The molecule has 16 nitrogen and oxygen atoms in total. The van der Waals surface area contributed by atoms with Crippen LogP contribution in [-0.2, 0) is 32.7 Å². The molecule has 3 unspecified atom stereocenters. The molecule has 1 rings (SSSR count). The third kappa shape index (κ3) is 11.7. The fourth-order valence-corrected chi connectivity index (χ4v) is 4.04. The number of Topliss-reactive ketones (excluding diaryl/α,β-unsaturated/α-hetero) is 1. The lowest BCUT2D eigenvalue weighted by atomic mass is 9.92. The number of ketones is 1. The van der Waals surface area contributed by atoms with Crippen LogP contribution in [0.5, 0.6) is 0 Å². The molecule has 0 saturated carbocycles. The Kier molecular flexibility index (Phi) is 15.4. The SMILES string of the molecule is CNCC(=O)CCC(=O)NCCOP(=O)(O)OC[C@@H](O[C@@H]1OC(CO)[C@@H](O)[C@H](O)C1C)[C@@H](O)[C@@H](O)CO. The molecule has 1 fully saturated rings. The van der Waals surface area contributed by atoms with E-state index in [2.05, 4.69) is 10.6 Å². The summed E-state index contributed by atoms with van der Waals surface area (Å²) in [5.41, 5.74) is 0. The Bertz CT molecular complexity index is 744.